The molecule has 2 aromatic heterocycles. The summed E-state index contributed by atoms with van der Waals surface area (Å²) in [5.74, 6) is 1.86. The number of nitrogens with zero attached hydrogens (tertiary/aromatic N) is 5. The third-order valence-corrected chi connectivity index (χ3v) is 7.00. The highest BCUT2D eigenvalue weighted by Gasteiger charge is 2.19. The number of hydrogen-bond acceptors (Lipinski definition) is 8. The molecule has 0 atom stereocenters. The summed E-state index contributed by atoms with van der Waals surface area (Å²) in [5, 5.41) is 6.98. The lowest BCUT2D eigenvalue weighted by molar-refractivity contribution is 0.0724. The van der Waals surface area contributed by atoms with Crippen LogP contribution in [0, 0.1) is 6.92 Å². The molecule has 0 radical (unpaired) electrons. The monoisotopic (exact) mass is 511 g/mol. The van der Waals surface area contributed by atoms with E-state index in [1.165, 1.54) is 6.42 Å². The Bertz CT molecular complexity index is 1190. The zero-order chi connectivity index (χ0) is 24.8. The van der Waals surface area contributed by atoms with E-state index in [4.69, 9.17) is 11.6 Å². The Balaban J connectivity index is 1.50. The summed E-state index contributed by atoms with van der Waals surface area (Å²) < 4.78 is 2.01. The molecular formula is C25H30ClN7OS. The Kier molecular flexibility index (Phi) is 8.30. The van der Waals surface area contributed by atoms with Crippen LogP contribution in [0.1, 0.15) is 40.7 Å². The van der Waals surface area contributed by atoms with Crippen molar-refractivity contribution in [3.63, 3.8) is 0 Å². The third kappa shape index (κ3) is 6.15. The Hall–Kier alpha value is -3.04. The first-order valence-corrected chi connectivity index (χ1v) is 13.2. The molecule has 2 N–H and O–H groups in total. The van der Waals surface area contributed by atoms with Crippen molar-refractivity contribution in [3.8, 4) is 0 Å². The number of likely N-dealkylation sites (tertiary alicyclic amines) is 1. The van der Waals surface area contributed by atoms with Gasteiger partial charge in [0.2, 0.25) is 5.95 Å². The van der Waals surface area contributed by atoms with Crippen LogP contribution >= 0.6 is 23.5 Å². The molecule has 0 spiro atoms. The van der Waals surface area contributed by atoms with Crippen molar-refractivity contribution in [1.29, 1.82) is 0 Å². The number of rotatable bonds is 8. The van der Waals surface area contributed by atoms with Gasteiger partial charge in [-0.05, 0) is 49.9 Å². The lowest BCUT2D eigenvalue weighted by Crippen LogP contribution is -2.35. The number of hydrogen-bond donors (Lipinski definition) is 2. The zero-order valence-electron chi connectivity index (χ0n) is 20.2. The van der Waals surface area contributed by atoms with Gasteiger partial charge >= 0.3 is 0 Å². The minimum atomic E-state index is 0.0645. The fraction of sp³-hybridized carbons (Fsp3) is 0.360. The smallest absolute Gasteiger partial charge is 0.253 e. The van der Waals surface area contributed by atoms with E-state index in [9.17, 15) is 4.79 Å². The molecule has 0 unspecified atom stereocenters. The van der Waals surface area contributed by atoms with Gasteiger partial charge in [-0.15, -0.1) is 0 Å². The van der Waals surface area contributed by atoms with Crippen LogP contribution in [-0.2, 0) is 6.54 Å². The molecule has 0 saturated carbocycles. The van der Waals surface area contributed by atoms with Gasteiger partial charge in [0.05, 0.1) is 6.20 Å². The minimum absolute atomic E-state index is 0.0645. The Morgan fingerprint density at radius 2 is 2.00 bits per heavy atom. The maximum absolute atomic E-state index is 13.0. The number of nitrogens with one attached hydrogen (secondary N) is 2. The predicted octanol–water partition coefficient (Wildman–Crippen LogP) is 5.53. The van der Waals surface area contributed by atoms with Crippen LogP contribution in [0.3, 0.4) is 0 Å². The summed E-state index contributed by atoms with van der Waals surface area (Å²) >= 11 is 7.97. The average molecular weight is 512 g/mol. The summed E-state index contributed by atoms with van der Waals surface area (Å²) in [5.41, 5.74) is 3.47. The van der Waals surface area contributed by atoms with E-state index in [0.29, 0.717) is 28.9 Å². The Morgan fingerprint density at radius 3 is 2.77 bits per heavy atom. The number of aromatic nitrogens is 3. The summed E-state index contributed by atoms with van der Waals surface area (Å²) in [6.45, 7) is 4.12. The lowest BCUT2D eigenvalue weighted by atomic mass is 10.1. The Labute approximate surface area is 215 Å². The van der Waals surface area contributed by atoms with Crippen LogP contribution in [0.5, 0.6) is 0 Å². The van der Waals surface area contributed by atoms with Gasteiger partial charge in [-0.3, -0.25) is 4.79 Å². The summed E-state index contributed by atoms with van der Waals surface area (Å²) in [7, 11) is 1.97. The molecule has 1 saturated heterocycles. The van der Waals surface area contributed by atoms with Crippen molar-refractivity contribution < 1.29 is 4.79 Å². The van der Waals surface area contributed by atoms with Gasteiger partial charge in [0.15, 0.2) is 5.82 Å². The Morgan fingerprint density at radius 1 is 1.20 bits per heavy atom. The molecule has 8 nitrogen and oxygen atoms in total. The molecule has 1 fully saturated rings. The lowest BCUT2D eigenvalue weighted by Gasteiger charge is -2.27. The van der Waals surface area contributed by atoms with Crippen molar-refractivity contribution in [2.45, 2.75) is 32.7 Å². The number of carbonyl (C=O) groups excluding carboxylic acids is 1. The highest BCUT2D eigenvalue weighted by atomic mass is 35.5. The van der Waals surface area contributed by atoms with E-state index in [1.807, 2.05) is 59.8 Å². The van der Waals surface area contributed by atoms with E-state index >= 15 is 0 Å². The van der Waals surface area contributed by atoms with Crippen molar-refractivity contribution in [1.82, 2.24) is 19.9 Å². The second kappa shape index (κ2) is 11.6. The van der Waals surface area contributed by atoms with E-state index in [-0.39, 0.29) is 5.91 Å². The van der Waals surface area contributed by atoms with Gasteiger partial charge in [-0.1, -0.05) is 35.7 Å². The number of anilines is 4. The molecule has 184 valence electrons. The van der Waals surface area contributed by atoms with Crippen LogP contribution < -0.4 is 14.9 Å². The van der Waals surface area contributed by atoms with Crippen molar-refractivity contribution in [2.24, 2.45) is 0 Å². The second-order valence-electron chi connectivity index (χ2n) is 8.42. The molecule has 1 aliphatic heterocycles. The fourth-order valence-electron chi connectivity index (χ4n) is 3.96. The maximum Gasteiger partial charge on any atom is 0.253 e. The van der Waals surface area contributed by atoms with Crippen molar-refractivity contribution in [3.05, 3.63) is 64.4 Å². The van der Waals surface area contributed by atoms with Gasteiger partial charge in [0.1, 0.15) is 10.8 Å². The fourth-order valence-corrected chi connectivity index (χ4v) is 4.45. The number of benzene rings is 1. The van der Waals surface area contributed by atoms with Crippen LogP contribution in [0.2, 0.25) is 5.02 Å². The zero-order valence-corrected chi connectivity index (χ0v) is 21.8. The normalized spacial score (nSPS) is 13.4. The minimum Gasteiger partial charge on any atom is -0.364 e. The van der Waals surface area contributed by atoms with Crippen molar-refractivity contribution >= 4 is 52.7 Å². The molecule has 3 heterocycles. The van der Waals surface area contributed by atoms with E-state index in [2.05, 4.69) is 25.6 Å². The van der Waals surface area contributed by atoms with Crippen LogP contribution in [0.25, 0.3) is 0 Å². The first kappa shape index (κ1) is 25.1. The molecule has 0 bridgehead atoms. The highest BCUT2D eigenvalue weighted by Crippen LogP contribution is 2.27. The SMILES string of the molecule is CSN(C)c1ncccc1CNc1nc(Nc2cc(C(=O)N3CCCCC3)ccc2C)ncc1Cl. The molecule has 3 aromatic rings. The van der Waals surface area contributed by atoms with Gasteiger partial charge in [0, 0.05) is 55.9 Å². The van der Waals surface area contributed by atoms with E-state index in [1.54, 1.807) is 24.3 Å². The van der Waals surface area contributed by atoms with E-state index < -0.39 is 0 Å². The standard InChI is InChI=1S/C25H30ClN7OS/c1-17-9-10-18(24(34)33-12-5-4-6-13-33)14-21(17)30-25-29-16-20(26)22(31-25)28-15-19-8-7-11-27-23(19)32(2)35-3/h7-11,14,16H,4-6,12-13,15H2,1-3H3,(H2,28,29,30,31). The van der Waals surface area contributed by atoms with Crippen LogP contribution in [0.15, 0.2) is 42.7 Å². The number of amides is 1. The second-order valence-corrected chi connectivity index (χ2v) is 9.74. The largest absolute Gasteiger partial charge is 0.364 e. The first-order chi connectivity index (χ1) is 17.0. The number of pyridine rings is 1. The molecule has 0 aliphatic carbocycles. The molecule has 1 aromatic carbocycles. The van der Waals surface area contributed by atoms with Crippen molar-refractivity contribution in [2.75, 3.05) is 41.3 Å². The first-order valence-electron chi connectivity index (χ1n) is 11.6. The molecule has 4 rings (SSSR count). The molecule has 10 heteroatoms. The summed E-state index contributed by atoms with van der Waals surface area (Å²) in [4.78, 5) is 28.3. The van der Waals surface area contributed by atoms with Crippen LogP contribution in [0.4, 0.5) is 23.3 Å². The highest BCUT2D eigenvalue weighted by molar-refractivity contribution is 7.99. The van der Waals surface area contributed by atoms with Gasteiger partial charge < -0.3 is 19.8 Å². The predicted molar refractivity (Wildman–Crippen MR) is 145 cm³/mol. The number of halogens is 1. The quantitative estimate of drug-likeness (QED) is 0.382. The number of piperidine rings is 1. The van der Waals surface area contributed by atoms with Crippen LogP contribution in [-0.4, -0.2) is 52.2 Å². The average Bonchev–Trinajstić information content (AvgIpc) is 2.90. The molecule has 1 amide bonds. The van der Waals surface area contributed by atoms with E-state index in [0.717, 1.165) is 48.6 Å². The van der Waals surface area contributed by atoms with Gasteiger partial charge in [-0.25, -0.2) is 9.97 Å². The summed E-state index contributed by atoms with van der Waals surface area (Å²) in [6, 6.07) is 9.62. The molecular weight excluding hydrogens is 482 g/mol. The summed E-state index contributed by atoms with van der Waals surface area (Å²) in [6.07, 6.45) is 8.65. The third-order valence-electron chi connectivity index (χ3n) is 6.00. The maximum atomic E-state index is 13.0. The molecule has 1 aliphatic rings. The van der Waals surface area contributed by atoms with Gasteiger partial charge in [0.25, 0.3) is 5.91 Å². The number of aryl methyl sites for hydroxylation is 1. The van der Waals surface area contributed by atoms with Gasteiger partial charge in [-0.2, -0.15) is 4.98 Å². The topological polar surface area (TPSA) is 86.3 Å². The molecule has 35 heavy (non-hydrogen) atoms. The number of carbonyl (C=O) groups is 1.